The van der Waals surface area contributed by atoms with Crippen LogP contribution in [0.2, 0.25) is 0 Å². The highest BCUT2D eigenvalue weighted by Gasteiger charge is 2.46. The summed E-state index contributed by atoms with van der Waals surface area (Å²) >= 11 is 0. The third-order valence-electron chi connectivity index (χ3n) is 9.30. The highest BCUT2D eigenvalue weighted by molar-refractivity contribution is 5.88. The van der Waals surface area contributed by atoms with E-state index in [4.69, 9.17) is 9.47 Å². The SMILES string of the molecule is CC(=O)Nc1cccc([C@H]2O[C@@H](CN3[C@@H](C(=O)NC(C)(C)C)CC[C@H]4CCCC[C@H]43)[C@@H](C)[C@@H](c3ccc(CO)cc3)O2)c1. The van der Waals surface area contributed by atoms with Gasteiger partial charge in [-0.25, -0.2) is 0 Å². The maximum atomic E-state index is 13.7. The highest BCUT2D eigenvalue weighted by atomic mass is 16.7. The summed E-state index contributed by atoms with van der Waals surface area (Å²) in [6.45, 7) is 10.4. The number of nitrogens with zero attached hydrogens (tertiary/aromatic N) is 1. The molecule has 1 aliphatic carbocycles. The van der Waals surface area contributed by atoms with Crippen molar-refractivity contribution in [2.75, 3.05) is 11.9 Å². The number of anilines is 1. The van der Waals surface area contributed by atoms with Gasteiger partial charge in [-0.1, -0.05) is 56.2 Å². The summed E-state index contributed by atoms with van der Waals surface area (Å²) in [6.07, 6.45) is 5.62. The molecule has 234 valence electrons. The molecule has 3 fully saturated rings. The second-order valence-corrected chi connectivity index (χ2v) is 13.8. The zero-order valence-corrected chi connectivity index (χ0v) is 26.3. The van der Waals surface area contributed by atoms with Gasteiger partial charge in [0.2, 0.25) is 11.8 Å². The molecule has 5 rings (SSSR count). The Balaban J connectivity index is 1.47. The fraction of sp³-hybridized carbons (Fsp3) is 0.600. The first-order chi connectivity index (χ1) is 20.5. The van der Waals surface area contributed by atoms with Crippen molar-refractivity contribution in [3.63, 3.8) is 0 Å². The maximum absolute atomic E-state index is 13.7. The maximum Gasteiger partial charge on any atom is 0.237 e. The van der Waals surface area contributed by atoms with Gasteiger partial charge < -0.3 is 25.2 Å². The molecule has 3 N–H and O–H groups in total. The van der Waals surface area contributed by atoms with E-state index in [1.807, 2.05) is 69.3 Å². The predicted octanol–water partition coefficient (Wildman–Crippen LogP) is 5.87. The molecule has 2 aromatic carbocycles. The first-order valence-corrected chi connectivity index (χ1v) is 16.0. The van der Waals surface area contributed by atoms with Crippen molar-refractivity contribution < 1.29 is 24.2 Å². The van der Waals surface area contributed by atoms with E-state index < -0.39 is 6.29 Å². The number of fused-ring (bicyclic) bond motifs is 1. The van der Waals surface area contributed by atoms with E-state index in [0.29, 0.717) is 24.2 Å². The molecule has 8 heteroatoms. The monoisotopic (exact) mass is 591 g/mol. The van der Waals surface area contributed by atoms with Gasteiger partial charge in [-0.05, 0) is 75.6 Å². The van der Waals surface area contributed by atoms with Gasteiger partial charge in [0.05, 0.1) is 24.9 Å². The zero-order valence-electron chi connectivity index (χ0n) is 26.3. The minimum Gasteiger partial charge on any atom is -0.392 e. The van der Waals surface area contributed by atoms with Crippen molar-refractivity contribution in [3.8, 4) is 0 Å². The Hall–Kier alpha value is -2.78. The van der Waals surface area contributed by atoms with Crippen molar-refractivity contribution in [1.29, 1.82) is 0 Å². The van der Waals surface area contributed by atoms with Crippen LogP contribution in [0.4, 0.5) is 5.69 Å². The number of benzene rings is 2. The molecule has 43 heavy (non-hydrogen) atoms. The second-order valence-electron chi connectivity index (χ2n) is 13.8. The number of carbonyl (C=O) groups excluding carboxylic acids is 2. The van der Waals surface area contributed by atoms with Gasteiger partial charge in [-0.2, -0.15) is 0 Å². The quantitative estimate of drug-likeness (QED) is 0.373. The Morgan fingerprint density at radius 1 is 0.977 bits per heavy atom. The number of hydrogen-bond donors (Lipinski definition) is 3. The predicted molar refractivity (Wildman–Crippen MR) is 167 cm³/mol. The lowest BCUT2D eigenvalue weighted by Crippen LogP contribution is -2.61. The molecule has 0 unspecified atom stereocenters. The molecule has 7 atom stereocenters. The number of hydrogen-bond acceptors (Lipinski definition) is 6. The van der Waals surface area contributed by atoms with Crippen molar-refractivity contribution in [1.82, 2.24) is 10.2 Å². The molecule has 2 aromatic rings. The van der Waals surface area contributed by atoms with Gasteiger partial charge in [0.15, 0.2) is 6.29 Å². The molecule has 0 aromatic heterocycles. The summed E-state index contributed by atoms with van der Waals surface area (Å²) in [5.74, 6) is 0.578. The summed E-state index contributed by atoms with van der Waals surface area (Å²) in [6, 6.07) is 15.7. The van der Waals surface area contributed by atoms with Gasteiger partial charge in [-0.15, -0.1) is 0 Å². The van der Waals surface area contributed by atoms with Crippen molar-refractivity contribution >= 4 is 17.5 Å². The Labute approximate surface area is 256 Å². The summed E-state index contributed by atoms with van der Waals surface area (Å²) in [5.41, 5.74) is 3.10. The summed E-state index contributed by atoms with van der Waals surface area (Å²) in [5, 5.41) is 15.7. The molecule has 0 spiro atoms. The van der Waals surface area contributed by atoms with Crippen LogP contribution in [0, 0.1) is 11.8 Å². The molecular formula is C35H49N3O5. The van der Waals surface area contributed by atoms with Crippen LogP contribution in [-0.2, 0) is 25.7 Å². The van der Waals surface area contributed by atoms with Gasteiger partial charge in [-0.3, -0.25) is 14.5 Å². The molecule has 0 radical (unpaired) electrons. The molecule has 0 bridgehead atoms. The van der Waals surface area contributed by atoms with Gasteiger partial charge in [0.1, 0.15) is 0 Å². The van der Waals surface area contributed by atoms with Crippen molar-refractivity contribution in [2.24, 2.45) is 11.8 Å². The van der Waals surface area contributed by atoms with Crippen LogP contribution < -0.4 is 10.6 Å². The van der Waals surface area contributed by atoms with E-state index >= 15 is 0 Å². The fourth-order valence-corrected chi connectivity index (χ4v) is 7.23. The Bertz CT molecular complexity index is 1260. The lowest BCUT2D eigenvalue weighted by Gasteiger charge is -2.51. The lowest BCUT2D eigenvalue weighted by molar-refractivity contribution is -0.278. The number of piperidine rings is 1. The standard InChI is InChI=1S/C35H49N3O5/c1-22-31(20-38-29-12-7-6-9-25(29)17-18-30(38)33(41)37-35(3,4)5)42-34(27-10-8-11-28(19-27)36-23(2)40)43-32(22)26-15-13-24(21-39)14-16-26/h8,10-11,13-16,19,22,25,29-32,34,39H,6-7,9,12,17-18,20-21H2,1-5H3,(H,36,40)(H,37,41)/t22-,25-,29-,30-,31+,32+,34+/m1/s1. The number of amides is 2. The minimum absolute atomic E-state index is 0.00467. The van der Waals surface area contributed by atoms with Gasteiger partial charge >= 0.3 is 0 Å². The topological polar surface area (TPSA) is 100 Å². The van der Waals surface area contributed by atoms with Crippen molar-refractivity contribution in [3.05, 3.63) is 65.2 Å². The lowest BCUT2D eigenvalue weighted by atomic mass is 9.75. The molecule has 1 saturated carbocycles. The third-order valence-corrected chi connectivity index (χ3v) is 9.30. The van der Waals surface area contributed by atoms with Crippen LogP contribution in [-0.4, -0.2) is 52.1 Å². The fourth-order valence-electron chi connectivity index (χ4n) is 7.23. The minimum atomic E-state index is -0.647. The van der Waals surface area contributed by atoms with Crippen LogP contribution in [0.15, 0.2) is 48.5 Å². The Kier molecular flexibility index (Phi) is 9.91. The van der Waals surface area contributed by atoms with Gasteiger partial charge in [0.25, 0.3) is 0 Å². The molecule has 8 nitrogen and oxygen atoms in total. The number of rotatable bonds is 7. The van der Waals surface area contributed by atoms with E-state index in [1.165, 1.54) is 26.2 Å². The number of carbonyl (C=O) groups is 2. The number of likely N-dealkylation sites (tertiary alicyclic amines) is 1. The zero-order chi connectivity index (χ0) is 30.7. The highest BCUT2D eigenvalue weighted by Crippen LogP contribution is 2.44. The summed E-state index contributed by atoms with van der Waals surface area (Å²) < 4.78 is 13.5. The van der Waals surface area contributed by atoms with E-state index in [2.05, 4.69) is 22.5 Å². The second kappa shape index (κ2) is 13.5. The van der Waals surface area contributed by atoms with Crippen LogP contribution in [0.25, 0.3) is 0 Å². The van der Waals surface area contributed by atoms with E-state index in [0.717, 1.165) is 36.0 Å². The number of nitrogens with one attached hydrogen (secondary N) is 2. The number of aliphatic hydroxyl groups excluding tert-OH is 1. The van der Waals surface area contributed by atoms with E-state index in [1.54, 1.807) is 0 Å². The summed E-state index contributed by atoms with van der Waals surface area (Å²) in [7, 11) is 0. The molecule has 2 amide bonds. The van der Waals surface area contributed by atoms with Crippen LogP contribution >= 0.6 is 0 Å². The average Bonchev–Trinajstić information content (AvgIpc) is 2.97. The molecular weight excluding hydrogens is 542 g/mol. The normalized spacial score (nSPS) is 29.9. The first-order valence-electron chi connectivity index (χ1n) is 16.0. The summed E-state index contributed by atoms with van der Waals surface area (Å²) in [4.78, 5) is 27.9. The van der Waals surface area contributed by atoms with Crippen molar-refractivity contribution in [2.45, 2.75) is 116 Å². The van der Waals surface area contributed by atoms with Crippen LogP contribution in [0.5, 0.6) is 0 Å². The Morgan fingerprint density at radius 3 is 2.42 bits per heavy atom. The first kappa shape index (κ1) is 31.6. The largest absolute Gasteiger partial charge is 0.392 e. The smallest absolute Gasteiger partial charge is 0.237 e. The molecule has 2 heterocycles. The van der Waals surface area contributed by atoms with Crippen LogP contribution in [0.1, 0.15) is 102 Å². The van der Waals surface area contributed by atoms with E-state index in [9.17, 15) is 14.7 Å². The number of aliphatic hydroxyl groups is 1. The average molecular weight is 592 g/mol. The Morgan fingerprint density at radius 2 is 1.72 bits per heavy atom. The van der Waals surface area contributed by atoms with Gasteiger partial charge in [0, 0.05) is 42.2 Å². The van der Waals surface area contributed by atoms with Crippen LogP contribution in [0.3, 0.4) is 0 Å². The third kappa shape index (κ3) is 7.66. The molecule has 2 saturated heterocycles. The molecule has 3 aliphatic rings. The molecule has 2 aliphatic heterocycles. The number of ether oxygens (including phenoxy) is 2. The van der Waals surface area contributed by atoms with E-state index in [-0.39, 0.29) is 48.1 Å².